The van der Waals surface area contributed by atoms with Gasteiger partial charge in [0, 0.05) is 23.3 Å². The average molecular weight is 337 g/mol. The van der Waals surface area contributed by atoms with E-state index in [0.717, 1.165) is 22.6 Å². The number of rotatable bonds is 5. The molecule has 6 heteroatoms. The van der Waals surface area contributed by atoms with Crippen molar-refractivity contribution in [1.29, 1.82) is 0 Å². The number of para-hydroxylation sites is 1. The minimum absolute atomic E-state index is 0. The Morgan fingerprint density at radius 3 is 2.43 bits per heavy atom. The number of aromatic nitrogens is 2. The summed E-state index contributed by atoms with van der Waals surface area (Å²) >= 11 is 0. The first-order valence-electron chi connectivity index (χ1n) is 7.45. The highest BCUT2D eigenvalue weighted by Crippen LogP contribution is 2.18. The summed E-state index contributed by atoms with van der Waals surface area (Å²) < 4.78 is 1.88. The predicted octanol–water partition coefficient (Wildman–Crippen LogP) is 2.31. The molecule has 2 rings (SSSR count). The largest absolute Gasteiger partial charge is 0.350 e. The molecule has 23 heavy (non-hydrogen) atoms. The van der Waals surface area contributed by atoms with Crippen molar-refractivity contribution in [2.45, 2.75) is 39.7 Å². The molecular weight excluding hydrogens is 312 g/mol. The lowest BCUT2D eigenvalue weighted by molar-refractivity contribution is -0.121. The number of nitrogens with zero attached hydrogens (tertiary/aromatic N) is 2. The standard InChI is InChI=1S/C17H24N4O.ClH/c1-12-15(10-16(22)19-17(3,4)11-18)13(2)21(20-12)14-8-6-5-7-9-14;/h5-9H,10-11,18H2,1-4H3,(H,19,22);1H. The van der Waals surface area contributed by atoms with E-state index in [0.29, 0.717) is 13.0 Å². The Kier molecular flexibility index (Phi) is 6.36. The van der Waals surface area contributed by atoms with E-state index in [-0.39, 0.29) is 18.3 Å². The Morgan fingerprint density at radius 1 is 1.26 bits per heavy atom. The Hall–Kier alpha value is -1.85. The summed E-state index contributed by atoms with van der Waals surface area (Å²) in [5, 5.41) is 7.52. The lowest BCUT2D eigenvalue weighted by atomic mass is 10.0. The molecule has 1 amide bonds. The Bertz CT molecular complexity index is 665. The van der Waals surface area contributed by atoms with Gasteiger partial charge in [0.1, 0.15) is 0 Å². The number of carbonyl (C=O) groups excluding carboxylic acids is 1. The van der Waals surface area contributed by atoms with Crippen LogP contribution in [-0.2, 0) is 11.2 Å². The van der Waals surface area contributed by atoms with E-state index < -0.39 is 5.54 Å². The molecule has 2 aromatic rings. The Balaban J connectivity index is 0.00000264. The molecule has 0 saturated carbocycles. The predicted molar refractivity (Wildman–Crippen MR) is 95.3 cm³/mol. The molecule has 3 N–H and O–H groups in total. The van der Waals surface area contributed by atoms with Crippen molar-refractivity contribution in [2.75, 3.05) is 6.54 Å². The number of hydrogen-bond donors (Lipinski definition) is 2. The highest BCUT2D eigenvalue weighted by molar-refractivity contribution is 5.85. The lowest BCUT2D eigenvalue weighted by Gasteiger charge is -2.24. The first-order valence-corrected chi connectivity index (χ1v) is 7.45. The lowest BCUT2D eigenvalue weighted by Crippen LogP contribution is -2.49. The third-order valence-electron chi connectivity index (χ3n) is 3.77. The van der Waals surface area contributed by atoms with Crippen molar-refractivity contribution < 1.29 is 4.79 Å². The van der Waals surface area contributed by atoms with Crippen LogP contribution in [0.4, 0.5) is 0 Å². The second-order valence-corrected chi connectivity index (χ2v) is 6.21. The van der Waals surface area contributed by atoms with E-state index in [9.17, 15) is 4.79 Å². The fourth-order valence-electron chi connectivity index (χ4n) is 2.38. The van der Waals surface area contributed by atoms with E-state index in [1.54, 1.807) is 0 Å². The van der Waals surface area contributed by atoms with Crippen LogP contribution in [0.2, 0.25) is 0 Å². The number of benzene rings is 1. The van der Waals surface area contributed by atoms with Gasteiger partial charge in [-0.2, -0.15) is 5.10 Å². The van der Waals surface area contributed by atoms with Crippen LogP contribution in [0.25, 0.3) is 5.69 Å². The van der Waals surface area contributed by atoms with Gasteiger partial charge in [0.05, 0.1) is 17.8 Å². The van der Waals surface area contributed by atoms with Crippen molar-refractivity contribution in [3.8, 4) is 5.69 Å². The highest BCUT2D eigenvalue weighted by atomic mass is 35.5. The summed E-state index contributed by atoms with van der Waals surface area (Å²) in [5.74, 6) is -0.0331. The number of hydrogen-bond acceptors (Lipinski definition) is 3. The van der Waals surface area contributed by atoms with Crippen LogP contribution in [0.15, 0.2) is 30.3 Å². The van der Waals surface area contributed by atoms with Gasteiger partial charge in [0.25, 0.3) is 0 Å². The van der Waals surface area contributed by atoms with Crippen LogP contribution in [0.5, 0.6) is 0 Å². The van der Waals surface area contributed by atoms with Crippen LogP contribution >= 0.6 is 12.4 Å². The maximum absolute atomic E-state index is 12.2. The molecule has 0 spiro atoms. The smallest absolute Gasteiger partial charge is 0.225 e. The monoisotopic (exact) mass is 336 g/mol. The van der Waals surface area contributed by atoms with Crippen molar-refractivity contribution in [2.24, 2.45) is 5.73 Å². The number of nitrogens with two attached hydrogens (primary N) is 1. The van der Waals surface area contributed by atoms with Crippen molar-refractivity contribution in [1.82, 2.24) is 15.1 Å². The molecule has 5 nitrogen and oxygen atoms in total. The molecule has 1 aromatic heterocycles. The van der Waals surface area contributed by atoms with Crippen LogP contribution in [-0.4, -0.2) is 27.8 Å². The molecule has 0 bridgehead atoms. The van der Waals surface area contributed by atoms with Crippen molar-refractivity contribution >= 4 is 18.3 Å². The van der Waals surface area contributed by atoms with Gasteiger partial charge >= 0.3 is 0 Å². The van der Waals surface area contributed by atoms with Gasteiger partial charge in [-0.25, -0.2) is 4.68 Å². The topological polar surface area (TPSA) is 72.9 Å². The molecular formula is C17H25ClN4O. The fourth-order valence-corrected chi connectivity index (χ4v) is 2.38. The maximum Gasteiger partial charge on any atom is 0.225 e. The summed E-state index contributed by atoms with van der Waals surface area (Å²) in [7, 11) is 0. The minimum atomic E-state index is -0.395. The van der Waals surface area contributed by atoms with Gasteiger partial charge in [-0.3, -0.25) is 4.79 Å². The van der Waals surface area contributed by atoms with Gasteiger partial charge < -0.3 is 11.1 Å². The summed E-state index contributed by atoms with van der Waals surface area (Å²) in [6.45, 7) is 8.16. The maximum atomic E-state index is 12.2. The Morgan fingerprint density at radius 2 is 1.87 bits per heavy atom. The third-order valence-corrected chi connectivity index (χ3v) is 3.77. The third kappa shape index (κ3) is 4.56. The zero-order valence-corrected chi connectivity index (χ0v) is 14.9. The van der Waals surface area contributed by atoms with Crippen molar-refractivity contribution in [3.63, 3.8) is 0 Å². The van der Waals surface area contributed by atoms with Crippen LogP contribution in [0.1, 0.15) is 30.8 Å². The summed E-state index contributed by atoms with van der Waals surface area (Å²) in [6, 6.07) is 9.92. The summed E-state index contributed by atoms with van der Waals surface area (Å²) in [6.07, 6.45) is 0.313. The molecule has 0 fully saturated rings. The van der Waals surface area contributed by atoms with Crippen LogP contribution < -0.4 is 11.1 Å². The van der Waals surface area contributed by atoms with Gasteiger partial charge in [-0.15, -0.1) is 12.4 Å². The molecule has 0 saturated heterocycles. The van der Waals surface area contributed by atoms with Gasteiger partial charge in [0.2, 0.25) is 5.91 Å². The molecule has 0 aliphatic carbocycles. The normalized spacial score (nSPS) is 11.0. The molecule has 0 atom stereocenters. The quantitative estimate of drug-likeness (QED) is 0.880. The second-order valence-electron chi connectivity index (χ2n) is 6.21. The van der Waals surface area contributed by atoms with Gasteiger partial charge in [-0.05, 0) is 39.8 Å². The molecule has 1 heterocycles. The molecule has 1 aromatic carbocycles. The Labute approximate surface area is 143 Å². The molecule has 0 aliphatic rings. The SMILES string of the molecule is Cc1nn(-c2ccccc2)c(C)c1CC(=O)NC(C)(C)CN.Cl. The minimum Gasteiger partial charge on any atom is -0.350 e. The van der Waals surface area contributed by atoms with E-state index in [1.165, 1.54) is 0 Å². The number of aryl methyl sites for hydroxylation is 1. The van der Waals surface area contributed by atoms with Crippen LogP contribution in [0, 0.1) is 13.8 Å². The van der Waals surface area contributed by atoms with Gasteiger partial charge in [0.15, 0.2) is 0 Å². The zero-order chi connectivity index (χ0) is 16.3. The van der Waals surface area contributed by atoms with Crippen LogP contribution in [0.3, 0.4) is 0 Å². The number of amides is 1. The molecule has 126 valence electrons. The van der Waals surface area contributed by atoms with E-state index in [4.69, 9.17) is 5.73 Å². The number of carbonyl (C=O) groups is 1. The average Bonchev–Trinajstić information content (AvgIpc) is 2.76. The molecule has 0 unspecified atom stereocenters. The van der Waals surface area contributed by atoms with Gasteiger partial charge in [-0.1, -0.05) is 18.2 Å². The summed E-state index contributed by atoms with van der Waals surface area (Å²) in [4.78, 5) is 12.2. The van der Waals surface area contributed by atoms with E-state index in [1.807, 2.05) is 62.7 Å². The molecule has 0 aliphatic heterocycles. The van der Waals surface area contributed by atoms with E-state index in [2.05, 4.69) is 10.4 Å². The first-order chi connectivity index (χ1) is 10.3. The number of halogens is 1. The van der Waals surface area contributed by atoms with E-state index >= 15 is 0 Å². The van der Waals surface area contributed by atoms with Crippen molar-refractivity contribution in [3.05, 3.63) is 47.3 Å². The second kappa shape index (κ2) is 7.62. The zero-order valence-electron chi connectivity index (χ0n) is 14.1. The first kappa shape index (κ1) is 19.2. The fraction of sp³-hybridized carbons (Fsp3) is 0.412. The summed E-state index contributed by atoms with van der Waals surface area (Å²) in [5.41, 5.74) is 9.09. The number of nitrogens with one attached hydrogen (secondary N) is 1. The highest BCUT2D eigenvalue weighted by Gasteiger charge is 2.21. The molecule has 0 radical (unpaired) electrons.